The van der Waals surface area contributed by atoms with Crippen molar-refractivity contribution in [2.24, 2.45) is 7.05 Å². The topological polar surface area (TPSA) is 90.2 Å². The summed E-state index contributed by atoms with van der Waals surface area (Å²) in [4.78, 5) is 21.6. The van der Waals surface area contributed by atoms with Crippen molar-refractivity contribution in [2.45, 2.75) is 0 Å². The van der Waals surface area contributed by atoms with Gasteiger partial charge >= 0.3 is 0 Å². The lowest BCUT2D eigenvalue weighted by atomic mass is 9.98. The van der Waals surface area contributed by atoms with Crippen molar-refractivity contribution in [3.63, 3.8) is 0 Å². The van der Waals surface area contributed by atoms with Crippen LogP contribution >= 0.6 is 0 Å². The first-order chi connectivity index (χ1) is 13.0. The van der Waals surface area contributed by atoms with Crippen molar-refractivity contribution in [1.29, 1.82) is 0 Å². The first kappa shape index (κ1) is 19.2. The summed E-state index contributed by atoms with van der Waals surface area (Å²) in [6, 6.07) is 18.9. The fourth-order valence-corrected chi connectivity index (χ4v) is 3.46. The highest BCUT2D eigenvalue weighted by Crippen LogP contribution is 2.34. The van der Waals surface area contributed by atoms with Gasteiger partial charge in [0, 0.05) is 29.1 Å². The third-order valence-electron chi connectivity index (χ3n) is 4.70. The minimum absolute atomic E-state index is 0. The molecule has 140 valence electrons. The highest BCUT2D eigenvalue weighted by molar-refractivity contribution is 6.09. The molecule has 0 spiro atoms. The molecule has 1 heterocycles. The van der Waals surface area contributed by atoms with Crippen molar-refractivity contribution >= 4 is 33.1 Å². The van der Waals surface area contributed by atoms with Gasteiger partial charge in [-0.3, -0.25) is 20.2 Å². The lowest BCUT2D eigenvalue weighted by molar-refractivity contribution is -0.632. The van der Waals surface area contributed by atoms with Crippen molar-refractivity contribution in [1.82, 2.24) is 0 Å². The Kier molecular flexibility index (Phi) is 4.94. The molecule has 28 heavy (non-hydrogen) atoms. The number of benzene rings is 3. The van der Waals surface area contributed by atoms with E-state index in [1.54, 1.807) is 18.2 Å². The number of nitrogens with zero attached hydrogens (tertiary/aromatic N) is 3. The second kappa shape index (κ2) is 7.21. The van der Waals surface area contributed by atoms with Gasteiger partial charge in [-0.15, -0.1) is 0 Å². The number of aryl methyl sites for hydroxylation is 1. The van der Waals surface area contributed by atoms with Gasteiger partial charge in [0.1, 0.15) is 7.05 Å². The quantitative estimate of drug-likeness (QED) is 0.226. The summed E-state index contributed by atoms with van der Waals surface area (Å²) in [6.45, 7) is 0. The van der Waals surface area contributed by atoms with Gasteiger partial charge < -0.3 is 12.4 Å². The van der Waals surface area contributed by atoms with E-state index in [4.69, 9.17) is 0 Å². The molecular weight excluding hydrogens is 382 g/mol. The number of nitro benzene ring substituents is 2. The maximum atomic E-state index is 11.3. The molecule has 0 aliphatic heterocycles. The van der Waals surface area contributed by atoms with Crippen LogP contribution in [0.15, 0.2) is 66.7 Å². The zero-order chi connectivity index (χ0) is 19.1. The Balaban J connectivity index is 0.00000225. The molecule has 0 N–H and O–H groups in total. The van der Waals surface area contributed by atoms with Crippen LogP contribution in [-0.4, -0.2) is 9.85 Å². The summed E-state index contributed by atoms with van der Waals surface area (Å²) in [6.07, 6.45) is 0. The molecule has 0 atom stereocenters. The standard InChI is InChI=1S/C20H14N3O4.ClH/c1-21-19-12-15(23(26)27)8-10-17(19)16-9-7-14(22(24)25)11-18(16)20(21)13-5-3-2-4-6-13;/h2-12H,1H3;1H/q+1;/p-1. The van der Waals surface area contributed by atoms with E-state index in [-0.39, 0.29) is 23.8 Å². The number of fused-ring (bicyclic) bond motifs is 3. The molecule has 0 saturated heterocycles. The van der Waals surface area contributed by atoms with Gasteiger partial charge in [0.2, 0.25) is 11.2 Å². The summed E-state index contributed by atoms with van der Waals surface area (Å²) in [5.74, 6) is 0. The minimum atomic E-state index is -0.429. The molecule has 1 aromatic heterocycles. The average molecular weight is 396 g/mol. The summed E-state index contributed by atoms with van der Waals surface area (Å²) in [5.41, 5.74) is 2.32. The predicted molar refractivity (Wildman–Crippen MR) is 101 cm³/mol. The van der Waals surface area contributed by atoms with Gasteiger partial charge in [0.05, 0.1) is 26.7 Å². The van der Waals surface area contributed by atoms with Crippen LogP contribution < -0.4 is 17.0 Å². The molecule has 0 bridgehead atoms. The number of hydrogen-bond donors (Lipinski definition) is 0. The lowest BCUT2D eigenvalue weighted by Crippen LogP contribution is -3.00. The Morgan fingerprint density at radius 2 is 1.32 bits per heavy atom. The van der Waals surface area contributed by atoms with Crippen LogP contribution in [-0.2, 0) is 7.05 Å². The molecule has 4 aromatic rings. The van der Waals surface area contributed by atoms with Crippen molar-refractivity contribution in [2.75, 3.05) is 0 Å². The molecule has 0 radical (unpaired) electrons. The number of rotatable bonds is 3. The maximum Gasteiger partial charge on any atom is 0.276 e. The van der Waals surface area contributed by atoms with Gasteiger partial charge in [-0.05, 0) is 24.3 Å². The van der Waals surface area contributed by atoms with Crippen molar-refractivity contribution in [3.8, 4) is 11.3 Å². The van der Waals surface area contributed by atoms with Gasteiger partial charge in [0.15, 0.2) is 0 Å². The molecule has 0 aliphatic rings. The van der Waals surface area contributed by atoms with Gasteiger partial charge in [-0.2, -0.15) is 4.57 Å². The minimum Gasteiger partial charge on any atom is -1.00 e. The Hall–Kier alpha value is -3.58. The maximum absolute atomic E-state index is 11.3. The summed E-state index contributed by atoms with van der Waals surface area (Å²) in [7, 11) is 1.81. The highest BCUT2D eigenvalue weighted by Gasteiger charge is 2.24. The van der Waals surface area contributed by atoms with E-state index >= 15 is 0 Å². The van der Waals surface area contributed by atoms with E-state index in [1.165, 1.54) is 18.2 Å². The van der Waals surface area contributed by atoms with Crippen LogP contribution in [0.1, 0.15) is 0 Å². The average Bonchev–Trinajstić information content (AvgIpc) is 2.68. The summed E-state index contributed by atoms with van der Waals surface area (Å²) in [5, 5.41) is 24.8. The van der Waals surface area contributed by atoms with E-state index in [1.807, 2.05) is 41.9 Å². The zero-order valence-electron chi connectivity index (χ0n) is 14.7. The molecule has 0 amide bonds. The van der Waals surface area contributed by atoms with Crippen molar-refractivity contribution in [3.05, 3.63) is 87.0 Å². The SMILES string of the molecule is C[n+]1c(-c2ccccc2)c2cc([N+](=O)[O-])ccc2c2ccc([N+](=O)[O-])cc21.[Cl-]. The number of halogens is 1. The molecule has 0 fully saturated rings. The van der Waals surface area contributed by atoms with Crippen LogP contribution in [0.5, 0.6) is 0 Å². The molecule has 4 rings (SSSR count). The second-order valence-electron chi connectivity index (χ2n) is 6.22. The van der Waals surface area contributed by atoms with Crippen LogP contribution in [0.3, 0.4) is 0 Å². The van der Waals surface area contributed by atoms with Crippen LogP contribution in [0.25, 0.3) is 32.9 Å². The molecule has 0 unspecified atom stereocenters. The Morgan fingerprint density at radius 1 is 0.750 bits per heavy atom. The third-order valence-corrected chi connectivity index (χ3v) is 4.70. The van der Waals surface area contributed by atoms with E-state index < -0.39 is 9.85 Å². The number of non-ortho nitro benzene ring substituents is 2. The van der Waals surface area contributed by atoms with E-state index in [0.29, 0.717) is 5.52 Å². The second-order valence-corrected chi connectivity index (χ2v) is 6.22. The van der Waals surface area contributed by atoms with Gasteiger partial charge in [-0.25, -0.2) is 0 Å². The smallest absolute Gasteiger partial charge is 0.276 e. The Labute approximate surface area is 165 Å². The monoisotopic (exact) mass is 395 g/mol. The summed E-state index contributed by atoms with van der Waals surface area (Å²) < 4.78 is 1.85. The largest absolute Gasteiger partial charge is 1.00 e. The van der Waals surface area contributed by atoms with Crippen LogP contribution in [0.4, 0.5) is 11.4 Å². The number of nitro groups is 2. The fourth-order valence-electron chi connectivity index (χ4n) is 3.46. The number of aromatic nitrogens is 1. The number of pyridine rings is 1. The number of hydrogen-bond acceptors (Lipinski definition) is 4. The Morgan fingerprint density at radius 3 is 1.93 bits per heavy atom. The lowest BCUT2D eigenvalue weighted by Gasteiger charge is -2.09. The molecular formula is C20H14ClN3O4. The van der Waals surface area contributed by atoms with Gasteiger partial charge in [0.25, 0.3) is 11.4 Å². The normalized spacial score (nSPS) is 10.6. The van der Waals surface area contributed by atoms with E-state index in [9.17, 15) is 20.2 Å². The predicted octanol–water partition coefficient (Wildman–Crippen LogP) is 1.30. The summed E-state index contributed by atoms with van der Waals surface area (Å²) >= 11 is 0. The van der Waals surface area contributed by atoms with E-state index in [0.717, 1.165) is 27.4 Å². The molecule has 8 heteroatoms. The van der Waals surface area contributed by atoms with Gasteiger partial charge in [-0.1, -0.05) is 18.2 Å². The van der Waals surface area contributed by atoms with Crippen LogP contribution in [0.2, 0.25) is 0 Å². The zero-order valence-corrected chi connectivity index (χ0v) is 15.5. The first-order valence-electron chi connectivity index (χ1n) is 8.21. The first-order valence-corrected chi connectivity index (χ1v) is 8.21. The van der Waals surface area contributed by atoms with E-state index in [2.05, 4.69) is 0 Å². The highest BCUT2D eigenvalue weighted by atomic mass is 35.5. The third kappa shape index (κ3) is 3.01. The van der Waals surface area contributed by atoms with Crippen LogP contribution in [0, 0.1) is 20.2 Å². The fraction of sp³-hybridized carbons (Fsp3) is 0.0500. The molecule has 3 aromatic carbocycles. The molecule has 0 saturated carbocycles. The van der Waals surface area contributed by atoms with Crippen molar-refractivity contribution < 1.29 is 26.8 Å². The molecule has 0 aliphatic carbocycles. The Bertz CT molecular complexity index is 1240. The molecule has 7 nitrogen and oxygen atoms in total.